The molecule has 0 radical (unpaired) electrons. The van der Waals surface area contributed by atoms with E-state index in [-0.39, 0.29) is 11.8 Å². The number of aliphatic hydroxyl groups excluding tert-OH is 1. The molecule has 0 spiro atoms. The number of sulfone groups is 1. The zero-order chi connectivity index (χ0) is 21.6. The van der Waals surface area contributed by atoms with E-state index < -0.39 is 15.9 Å². The topological polar surface area (TPSA) is 94.6 Å². The molecular weight excluding hydrogens is 412 g/mol. The van der Waals surface area contributed by atoms with Crippen molar-refractivity contribution in [2.45, 2.75) is 30.5 Å². The van der Waals surface area contributed by atoms with Gasteiger partial charge in [-0.25, -0.2) is 13.4 Å². The molecule has 0 bridgehead atoms. The third kappa shape index (κ3) is 3.86. The van der Waals surface area contributed by atoms with Crippen LogP contribution in [0.25, 0.3) is 10.9 Å². The van der Waals surface area contributed by atoms with E-state index in [1.807, 2.05) is 42.2 Å². The van der Waals surface area contributed by atoms with Gasteiger partial charge in [-0.15, -0.1) is 0 Å². The van der Waals surface area contributed by atoms with Crippen LogP contribution in [0.1, 0.15) is 11.1 Å². The molecule has 31 heavy (non-hydrogen) atoms. The van der Waals surface area contributed by atoms with Gasteiger partial charge < -0.3 is 20.6 Å². The molecule has 2 aromatic carbocycles. The molecule has 1 saturated heterocycles. The molecule has 0 saturated carbocycles. The highest BCUT2D eigenvalue weighted by Crippen LogP contribution is 2.32. The number of nitrogens with zero attached hydrogens (tertiary/aromatic N) is 2. The number of benzene rings is 2. The summed E-state index contributed by atoms with van der Waals surface area (Å²) >= 11 is 0. The van der Waals surface area contributed by atoms with Crippen molar-refractivity contribution in [3.63, 3.8) is 0 Å². The summed E-state index contributed by atoms with van der Waals surface area (Å²) in [6, 6.07) is 15.2. The number of aliphatic hydroxyl groups is 1. The smallest absolute Gasteiger partial charge is 0.180 e. The molecule has 8 heteroatoms. The van der Waals surface area contributed by atoms with Gasteiger partial charge in [0.15, 0.2) is 9.84 Å². The van der Waals surface area contributed by atoms with Gasteiger partial charge in [-0.05, 0) is 30.7 Å². The third-order valence-corrected chi connectivity index (χ3v) is 7.88. The second-order valence-electron chi connectivity index (χ2n) is 8.37. The Bertz CT molecular complexity index is 1240. The van der Waals surface area contributed by atoms with E-state index in [4.69, 9.17) is 4.98 Å². The number of hydrogen-bond donors (Lipinski definition) is 3. The minimum absolute atomic E-state index is 0.0473. The molecule has 0 unspecified atom stereocenters. The Morgan fingerprint density at radius 2 is 2.00 bits per heavy atom. The number of anilines is 2. The van der Waals surface area contributed by atoms with E-state index in [0.717, 1.165) is 33.5 Å². The van der Waals surface area contributed by atoms with Crippen LogP contribution < -0.4 is 15.5 Å². The minimum Gasteiger partial charge on any atom is -0.390 e. The monoisotopic (exact) mass is 438 g/mol. The number of aryl methyl sites for hydroxylation is 1. The Kier molecular flexibility index (Phi) is 5.08. The predicted molar refractivity (Wildman–Crippen MR) is 122 cm³/mol. The van der Waals surface area contributed by atoms with E-state index in [1.54, 1.807) is 12.1 Å². The summed E-state index contributed by atoms with van der Waals surface area (Å²) in [4.78, 5) is 7.30. The molecule has 5 rings (SSSR count). The quantitative estimate of drug-likeness (QED) is 0.576. The summed E-state index contributed by atoms with van der Waals surface area (Å²) in [7, 11) is -3.33. The van der Waals surface area contributed by atoms with Crippen molar-refractivity contribution in [1.82, 2.24) is 10.3 Å². The number of pyridine rings is 1. The third-order valence-electron chi connectivity index (χ3n) is 6.10. The van der Waals surface area contributed by atoms with Crippen molar-refractivity contribution in [1.29, 1.82) is 0 Å². The van der Waals surface area contributed by atoms with Crippen molar-refractivity contribution < 1.29 is 13.5 Å². The molecule has 2 atom stereocenters. The van der Waals surface area contributed by atoms with Crippen molar-refractivity contribution >= 4 is 32.2 Å². The van der Waals surface area contributed by atoms with E-state index in [0.29, 0.717) is 31.1 Å². The normalized spacial score (nSPS) is 22.8. The number of nitrogens with one attached hydrogen (secondary N) is 2. The Morgan fingerprint density at radius 1 is 1.16 bits per heavy atom. The summed E-state index contributed by atoms with van der Waals surface area (Å²) in [6.45, 7) is 4.13. The van der Waals surface area contributed by atoms with Crippen LogP contribution in [0.3, 0.4) is 0 Å². The van der Waals surface area contributed by atoms with Crippen molar-refractivity contribution in [3.05, 3.63) is 59.7 Å². The first kappa shape index (κ1) is 20.2. The summed E-state index contributed by atoms with van der Waals surface area (Å²) in [5.74, 6) is 0.775. The molecular formula is C23H26N4O3S. The fourth-order valence-corrected chi connectivity index (χ4v) is 5.88. The lowest BCUT2D eigenvalue weighted by Crippen LogP contribution is -2.32. The Morgan fingerprint density at radius 3 is 2.81 bits per heavy atom. The molecule has 0 amide bonds. The Labute approximate surface area is 182 Å². The number of hydrogen-bond acceptors (Lipinski definition) is 7. The molecule has 7 nitrogen and oxygen atoms in total. The largest absolute Gasteiger partial charge is 0.390 e. The highest BCUT2D eigenvalue weighted by molar-refractivity contribution is 7.91. The highest BCUT2D eigenvalue weighted by Gasteiger charge is 2.28. The lowest BCUT2D eigenvalue weighted by molar-refractivity contribution is 0.185. The highest BCUT2D eigenvalue weighted by atomic mass is 32.2. The zero-order valence-electron chi connectivity index (χ0n) is 17.4. The van der Waals surface area contributed by atoms with Gasteiger partial charge in [0.2, 0.25) is 0 Å². The van der Waals surface area contributed by atoms with Crippen molar-refractivity contribution in [3.8, 4) is 0 Å². The number of rotatable bonds is 3. The average molecular weight is 439 g/mol. The Balaban J connectivity index is 1.58. The maximum Gasteiger partial charge on any atom is 0.180 e. The molecule has 3 aromatic rings. The van der Waals surface area contributed by atoms with Crippen LogP contribution in [0, 0.1) is 6.92 Å². The maximum atomic E-state index is 12.8. The van der Waals surface area contributed by atoms with Crippen LogP contribution in [0.5, 0.6) is 0 Å². The fourth-order valence-electron chi connectivity index (χ4n) is 4.38. The molecule has 0 aliphatic carbocycles. The summed E-state index contributed by atoms with van der Waals surface area (Å²) in [6.07, 6.45) is -0.466. The first-order chi connectivity index (χ1) is 14.9. The van der Waals surface area contributed by atoms with E-state index >= 15 is 0 Å². The van der Waals surface area contributed by atoms with Gasteiger partial charge in [-0.3, -0.25) is 0 Å². The predicted octanol–water partition coefficient (Wildman–Crippen LogP) is 2.08. The van der Waals surface area contributed by atoms with Gasteiger partial charge in [0.1, 0.15) is 5.82 Å². The van der Waals surface area contributed by atoms with E-state index in [9.17, 15) is 13.5 Å². The fraction of sp³-hybridized carbons (Fsp3) is 0.348. The number of aromatic nitrogens is 1. The van der Waals surface area contributed by atoms with Crippen LogP contribution in [-0.2, 0) is 16.4 Å². The first-order valence-electron chi connectivity index (χ1n) is 10.5. The van der Waals surface area contributed by atoms with E-state index in [1.165, 1.54) is 0 Å². The first-order valence-corrected chi connectivity index (χ1v) is 12.2. The summed E-state index contributed by atoms with van der Waals surface area (Å²) in [5, 5.41) is 18.0. The second-order valence-corrected chi connectivity index (χ2v) is 10.5. The minimum atomic E-state index is -3.33. The van der Waals surface area contributed by atoms with Gasteiger partial charge in [-0.1, -0.05) is 29.8 Å². The van der Waals surface area contributed by atoms with Crippen molar-refractivity contribution in [2.24, 2.45) is 0 Å². The molecule has 3 heterocycles. The van der Waals surface area contributed by atoms with Crippen LogP contribution in [0.4, 0.5) is 11.5 Å². The number of fused-ring (bicyclic) bond motifs is 2. The van der Waals surface area contributed by atoms with Gasteiger partial charge in [0.05, 0.1) is 28.3 Å². The molecule has 3 N–H and O–H groups in total. The van der Waals surface area contributed by atoms with Crippen LogP contribution in [-0.4, -0.2) is 56.0 Å². The zero-order valence-corrected chi connectivity index (χ0v) is 18.2. The maximum absolute atomic E-state index is 12.8. The van der Waals surface area contributed by atoms with Crippen molar-refractivity contribution in [2.75, 3.05) is 35.6 Å². The number of β-amino-alcohol motifs (C(OH)–C–C–N with tert-alkyl or cyclic N) is 1. The van der Waals surface area contributed by atoms with Gasteiger partial charge >= 0.3 is 0 Å². The van der Waals surface area contributed by atoms with Crippen LogP contribution in [0.2, 0.25) is 0 Å². The molecule has 2 aliphatic rings. The molecule has 1 fully saturated rings. The molecule has 2 aliphatic heterocycles. The van der Waals surface area contributed by atoms with E-state index in [2.05, 4.69) is 16.7 Å². The average Bonchev–Trinajstić information content (AvgIpc) is 3.09. The van der Waals surface area contributed by atoms with Gasteiger partial charge in [-0.2, -0.15) is 0 Å². The van der Waals surface area contributed by atoms with Crippen LogP contribution in [0.15, 0.2) is 53.4 Å². The molecule has 1 aromatic heterocycles. The van der Waals surface area contributed by atoms with Gasteiger partial charge in [0.25, 0.3) is 0 Å². The van der Waals surface area contributed by atoms with Gasteiger partial charge in [0, 0.05) is 43.3 Å². The summed E-state index contributed by atoms with van der Waals surface area (Å²) in [5.41, 5.74) is 3.66. The molecule has 162 valence electrons. The second kappa shape index (κ2) is 7.78. The lowest BCUT2D eigenvalue weighted by Gasteiger charge is -2.25. The Hall–Kier alpha value is -2.68. The lowest BCUT2D eigenvalue weighted by atomic mass is 10.1. The summed E-state index contributed by atoms with van der Waals surface area (Å²) < 4.78 is 25.5. The van der Waals surface area contributed by atoms with Crippen LogP contribution >= 0.6 is 0 Å². The SMILES string of the molecule is Cc1ccc2nc(N3CCS(=O)(=O)c4ccccc4C3)cc(N[C@H]3CNC[C@@H]3O)c2c1. The standard InChI is InChI=1S/C23H26N4O3S/c1-15-6-7-18-17(10-15)19(25-20-12-24-13-21(20)28)11-23(26-18)27-8-9-31(29,30)22-5-3-2-4-16(22)14-27/h2-7,10-11,20-21,24,28H,8-9,12-14H2,1H3,(H,25,26)/t20-,21-/m0/s1.